The molecule has 4 nitrogen and oxygen atoms in total. The normalized spacial score (nSPS) is 10.7. The van der Waals surface area contributed by atoms with Crippen LogP contribution in [0.3, 0.4) is 0 Å². The Hall–Kier alpha value is 1.11. The summed E-state index contributed by atoms with van der Waals surface area (Å²) < 4.78 is 14.1. The minimum absolute atomic E-state index is 0. The van der Waals surface area contributed by atoms with Gasteiger partial charge in [0.1, 0.15) is 0 Å². The number of phosphoric acid groups is 1. The van der Waals surface area contributed by atoms with Gasteiger partial charge in [-0.05, 0) is 6.42 Å². The van der Waals surface area contributed by atoms with Crippen LogP contribution in [0.2, 0.25) is 0 Å². The van der Waals surface area contributed by atoms with Crippen molar-refractivity contribution >= 4 is 37.4 Å². The van der Waals surface area contributed by atoms with Crippen molar-refractivity contribution in [3.05, 3.63) is 0 Å². The number of unbranched alkanes of at least 4 members (excludes halogenated alkanes) is 1. The van der Waals surface area contributed by atoms with E-state index in [1.54, 1.807) is 0 Å². The van der Waals surface area contributed by atoms with E-state index in [0.29, 0.717) is 6.42 Å². The molecule has 0 atom stereocenters. The van der Waals surface area contributed by atoms with Crippen LogP contribution in [0.1, 0.15) is 19.8 Å². The molecule has 0 radical (unpaired) electrons. The van der Waals surface area contributed by atoms with E-state index in [2.05, 4.69) is 4.52 Å². The van der Waals surface area contributed by atoms with E-state index in [1.165, 1.54) is 0 Å². The van der Waals surface area contributed by atoms with Crippen molar-refractivity contribution in [2.75, 3.05) is 6.61 Å². The molecule has 0 spiro atoms. The van der Waals surface area contributed by atoms with E-state index in [4.69, 9.17) is 9.79 Å². The van der Waals surface area contributed by atoms with Crippen LogP contribution >= 0.6 is 7.82 Å². The van der Waals surface area contributed by atoms with Crippen molar-refractivity contribution in [3.63, 3.8) is 0 Å². The third-order valence-electron chi connectivity index (χ3n) is 0.757. The van der Waals surface area contributed by atoms with Crippen LogP contribution in [0.15, 0.2) is 0 Å². The zero-order valence-corrected chi connectivity index (χ0v) is 6.17. The van der Waals surface area contributed by atoms with E-state index in [0.717, 1.165) is 6.42 Å². The zero-order valence-electron chi connectivity index (χ0n) is 5.28. The summed E-state index contributed by atoms with van der Waals surface area (Å²) >= 11 is 0. The molecule has 0 saturated heterocycles. The third-order valence-corrected chi connectivity index (χ3v) is 1.28. The van der Waals surface area contributed by atoms with Gasteiger partial charge in [0.05, 0.1) is 6.61 Å². The zero-order chi connectivity index (χ0) is 7.33. The van der Waals surface area contributed by atoms with E-state index in [1.807, 2.05) is 6.92 Å². The third kappa shape index (κ3) is 11.9. The Morgan fingerprint density at radius 1 is 1.50 bits per heavy atom. The molecule has 6 heteroatoms. The molecule has 0 aliphatic rings. The van der Waals surface area contributed by atoms with Crippen LogP contribution < -0.4 is 0 Å². The second kappa shape index (κ2) is 6.80. The minimum atomic E-state index is -4.20. The summed E-state index contributed by atoms with van der Waals surface area (Å²) in [5.74, 6) is 0. The van der Waals surface area contributed by atoms with Gasteiger partial charge in [0.2, 0.25) is 0 Å². The van der Waals surface area contributed by atoms with Crippen LogP contribution in [0.4, 0.5) is 0 Å². The number of phosphoric ester groups is 1. The molecular formula is C4H12NaO4P. The monoisotopic (exact) mass is 178 g/mol. The predicted octanol–water partition coefficient (Wildman–Crippen LogP) is 0.247. The van der Waals surface area contributed by atoms with Gasteiger partial charge in [-0.2, -0.15) is 0 Å². The summed E-state index contributed by atoms with van der Waals surface area (Å²) in [7, 11) is -4.20. The van der Waals surface area contributed by atoms with Gasteiger partial charge in [0.25, 0.3) is 0 Å². The van der Waals surface area contributed by atoms with Crippen LogP contribution in [0.25, 0.3) is 0 Å². The first-order valence-corrected chi connectivity index (χ1v) is 4.29. The number of hydrogen-bond acceptors (Lipinski definition) is 2. The van der Waals surface area contributed by atoms with Crippen molar-refractivity contribution in [1.82, 2.24) is 0 Å². The van der Waals surface area contributed by atoms with Crippen molar-refractivity contribution < 1.29 is 18.9 Å². The Kier molecular flexibility index (Phi) is 9.30. The standard InChI is InChI=1S/C4H11O4P.Na.H/c1-2-3-4-8-9(5,6)7;;/h2-4H2,1H3,(H2,5,6,7);;. The molecular weight excluding hydrogens is 166 g/mol. The van der Waals surface area contributed by atoms with Gasteiger partial charge >= 0.3 is 37.4 Å². The fraction of sp³-hybridized carbons (Fsp3) is 1.00. The van der Waals surface area contributed by atoms with Gasteiger partial charge in [0, 0.05) is 0 Å². The van der Waals surface area contributed by atoms with Crippen LogP contribution in [-0.4, -0.2) is 46.0 Å². The summed E-state index contributed by atoms with van der Waals surface area (Å²) in [5.41, 5.74) is 0. The predicted molar refractivity (Wildman–Crippen MR) is 40.1 cm³/mol. The van der Waals surface area contributed by atoms with Gasteiger partial charge in [-0.25, -0.2) is 4.57 Å². The van der Waals surface area contributed by atoms with Gasteiger partial charge in [-0.1, -0.05) is 13.3 Å². The van der Waals surface area contributed by atoms with Crippen molar-refractivity contribution in [2.24, 2.45) is 0 Å². The fourth-order valence-electron chi connectivity index (χ4n) is 0.328. The molecule has 0 rings (SSSR count). The molecule has 0 aromatic heterocycles. The molecule has 2 N–H and O–H groups in total. The average Bonchev–Trinajstić information content (AvgIpc) is 1.63. The second-order valence-electron chi connectivity index (χ2n) is 1.68. The quantitative estimate of drug-likeness (QED) is 0.368. The Morgan fingerprint density at radius 3 is 2.30 bits per heavy atom. The molecule has 0 unspecified atom stereocenters. The van der Waals surface area contributed by atoms with Crippen LogP contribution in [0.5, 0.6) is 0 Å². The molecule has 0 heterocycles. The van der Waals surface area contributed by atoms with Gasteiger partial charge in [-0.3, -0.25) is 4.52 Å². The van der Waals surface area contributed by atoms with Gasteiger partial charge < -0.3 is 9.79 Å². The summed E-state index contributed by atoms with van der Waals surface area (Å²) in [5, 5.41) is 0. The van der Waals surface area contributed by atoms with E-state index in [-0.39, 0.29) is 36.2 Å². The fourth-order valence-corrected chi connectivity index (χ4v) is 0.695. The number of hydrogen-bond donors (Lipinski definition) is 2. The molecule has 0 saturated carbocycles. The molecule has 0 aromatic carbocycles. The summed E-state index contributed by atoms with van der Waals surface area (Å²) in [6, 6.07) is 0. The van der Waals surface area contributed by atoms with Crippen molar-refractivity contribution in [2.45, 2.75) is 19.8 Å². The second-order valence-corrected chi connectivity index (χ2v) is 2.92. The maximum atomic E-state index is 9.98. The average molecular weight is 178 g/mol. The molecule has 58 valence electrons. The molecule has 0 aliphatic heterocycles. The van der Waals surface area contributed by atoms with Gasteiger partial charge in [0.15, 0.2) is 0 Å². The first kappa shape index (κ1) is 13.7. The first-order chi connectivity index (χ1) is 4.06. The molecule has 0 bridgehead atoms. The molecule has 0 fully saturated rings. The Morgan fingerprint density at radius 2 is 2.00 bits per heavy atom. The maximum absolute atomic E-state index is 9.98. The SMILES string of the molecule is CCCCOP(=O)(O)O.[NaH]. The van der Waals surface area contributed by atoms with Crippen LogP contribution in [0, 0.1) is 0 Å². The molecule has 0 amide bonds. The van der Waals surface area contributed by atoms with Gasteiger partial charge in [-0.15, -0.1) is 0 Å². The van der Waals surface area contributed by atoms with E-state index < -0.39 is 7.82 Å². The van der Waals surface area contributed by atoms with E-state index >= 15 is 0 Å². The van der Waals surface area contributed by atoms with Crippen molar-refractivity contribution in [1.29, 1.82) is 0 Å². The topological polar surface area (TPSA) is 66.8 Å². The Labute approximate surface area is 82.5 Å². The van der Waals surface area contributed by atoms with E-state index in [9.17, 15) is 4.57 Å². The summed E-state index contributed by atoms with van der Waals surface area (Å²) in [4.78, 5) is 16.3. The Balaban J connectivity index is 0. The molecule has 0 aliphatic carbocycles. The summed E-state index contributed by atoms with van der Waals surface area (Å²) in [6.07, 6.45) is 1.56. The van der Waals surface area contributed by atoms with Crippen molar-refractivity contribution in [3.8, 4) is 0 Å². The number of rotatable bonds is 4. The Bertz CT molecular complexity index is 112. The molecule has 0 aromatic rings. The summed E-state index contributed by atoms with van der Waals surface area (Å²) in [6.45, 7) is 2.06. The molecule has 10 heavy (non-hydrogen) atoms. The first-order valence-electron chi connectivity index (χ1n) is 2.76. The van der Waals surface area contributed by atoms with Crippen LogP contribution in [-0.2, 0) is 9.09 Å².